The Morgan fingerprint density at radius 1 is 1.07 bits per heavy atom. The van der Waals surface area contributed by atoms with E-state index >= 15 is 0 Å². The molecule has 0 saturated carbocycles. The molecular weight excluding hydrogens is 406 g/mol. The molecule has 0 spiro atoms. The van der Waals surface area contributed by atoms with Crippen LogP contribution in [0.15, 0.2) is 60.2 Å². The minimum absolute atomic E-state index is 0.0847. The Morgan fingerprint density at radius 3 is 2.37 bits per heavy atom. The zero-order valence-corrected chi connectivity index (χ0v) is 16.0. The van der Waals surface area contributed by atoms with Crippen LogP contribution in [0.5, 0.6) is 0 Å². The fourth-order valence-electron chi connectivity index (χ4n) is 2.29. The van der Waals surface area contributed by atoms with Crippen LogP contribution in [0.25, 0.3) is 16.5 Å². The standard InChI is InChI=1S/C20H11Cl2FN2OS/c21-16-2-1-3-17(22)19(16)25-20(26)13(11-24)10-15-8-9-18(27-15)12-4-6-14(23)7-5-12/h1-10H,(H,25,26)/b13-10+. The van der Waals surface area contributed by atoms with Crippen molar-refractivity contribution in [2.75, 3.05) is 5.32 Å². The lowest BCUT2D eigenvalue weighted by Crippen LogP contribution is -2.14. The minimum Gasteiger partial charge on any atom is -0.319 e. The van der Waals surface area contributed by atoms with Crippen LogP contribution in [-0.2, 0) is 4.79 Å². The Hall–Kier alpha value is -2.65. The highest BCUT2D eigenvalue weighted by atomic mass is 35.5. The van der Waals surface area contributed by atoms with Gasteiger partial charge in [-0.2, -0.15) is 5.26 Å². The third kappa shape index (κ3) is 4.55. The highest BCUT2D eigenvalue weighted by Crippen LogP contribution is 2.31. The van der Waals surface area contributed by atoms with Crippen molar-refractivity contribution in [3.63, 3.8) is 0 Å². The molecule has 1 amide bonds. The van der Waals surface area contributed by atoms with Crippen molar-refractivity contribution in [2.45, 2.75) is 0 Å². The number of thiophene rings is 1. The fraction of sp³-hybridized carbons (Fsp3) is 0. The molecule has 0 fully saturated rings. The van der Waals surface area contributed by atoms with Gasteiger partial charge in [0.2, 0.25) is 0 Å². The van der Waals surface area contributed by atoms with Crippen LogP contribution in [-0.4, -0.2) is 5.91 Å². The molecule has 0 aliphatic rings. The second-order valence-corrected chi connectivity index (χ2v) is 7.36. The van der Waals surface area contributed by atoms with Gasteiger partial charge in [-0.25, -0.2) is 4.39 Å². The van der Waals surface area contributed by atoms with Crippen molar-refractivity contribution in [3.05, 3.63) is 80.9 Å². The molecule has 0 saturated heterocycles. The van der Waals surface area contributed by atoms with E-state index in [1.165, 1.54) is 29.5 Å². The maximum Gasteiger partial charge on any atom is 0.266 e. The van der Waals surface area contributed by atoms with Gasteiger partial charge in [0.25, 0.3) is 5.91 Å². The number of carbonyl (C=O) groups is 1. The van der Waals surface area contributed by atoms with E-state index in [0.29, 0.717) is 4.88 Å². The van der Waals surface area contributed by atoms with E-state index < -0.39 is 5.91 Å². The summed E-state index contributed by atoms with van der Waals surface area (Å²) in [6.45, 7) is 0. The number of anilines is 1. The van der Waals surface area contributed by atoms with Crippen LogP contribution in [0.2, 0.25) is 10.0 Å². The molecule has 3 aromatic rings. The number of para-hydroxylation sites is 1. The lowest BCUT2D eigenvalue weighted by molar-refractivity contribution is -0.112. The molecule has 3 rings (SSSR count). The SMILES string of the molecule is N#C/C(=C\c1ccc(-c2ccc(F)cc2)s1)C(=O)Nc1c(Cl)cccc1Cl. The minimum atomic E-state index is -0.607. The maximum atomic E-state index is 13.0. The first-order chi connectivity index (χ1) is 13.0. The first-order valence-electron chi connectivity index (χ1n) is 7.71. The zero-order chi connectivity index (χ0) is 19.4. The van der Waals surface area contributed by atoms with E-state index in [1.54, 1.807) is 36.4 Å². The number of hydrogen-bond acceptors (Lipinski definition) is 3. The van der Waals surface area contributed by atoms with E-state index in [0.717, 1.165) is 10.4 Å². The molecule has 0 unspecified atom stereocenters. The number of carbonyl (C=O) groups excluding carboxylic acids is 1. The zero-order valence-electron chi connectivity index (χ0n) is 13.7. The molecule has 1 aromatic heterocycles. The third-order valence-electron chi connectivity index (χ3n) is 3.61. The summed E-state index contributed by atoms with van der Waals surface area (Å²) < 4.78 is 13.0. The van der Waals surface area contributed by atoms with Crippen LogP contribution >= 0.6 is 34.5 Å². The van der Waals surface area contributed by atoms with Gasteiger partial charge >= 0.3 is 0 Å². The predicted molar refractivity (Wildman–Crippen MR) is 108 cm³/mol. The number of nitriles is 1. The Labute approximate surface area is 169 Å². The van der Waals surface area contributed by atoms with Gasteiger partial charge in [0.1, 0.15) is 17.5 Å². The predicted octanol–water partition coefficient (Wildman–Crippen LogP) is 6.41. The summed E-state index contributed by atoms with van der Waals surface area (Å²) in [5.41, 5.74) is 1.02. The van der Waals surface area contributed by atoms with E-state index in [1.807, 2.05) is 12.1 Å². The van der Waals surface area contributed by atoms with Crippen molar-refractivity contribution >= 4 is 52.2 Å². The van der Waals surface area contributed by atoms with Crippen LogP contribution in [0.1, 0.15) is 4.88 Å². The molecular formula is C20H11Cl2FN2OS. The van der Waals surface area contributed by atoms with Crippen molar-refractivity contribution in [1.82, 2.24) is 0 Å². The number of nitrogens with one attached hydrogen (secondary N) is 1. The number of benzene rings is 2. The number of nitrogens with zero attached hydrogens (tertiary/aromatic N) is 1. The Balaban J connectivity index is 1.83. The molecule has 1 N–H and O–H groups in total. The smallest absolute Gasteiger partial charge is 0.266 e. The highest BCUT2D eigenvalue weighted by molar-refractivity contribution is 7.16. The van der Waals surface area contributed by atoms with Gasteiger partial charge in [-0.1, -0.05) is 41.4 Å². The van der Waals surface area contributed by atoms with E-state index in [4.69, 9.17) is 23.2 Å². The summed E-state index contributed by atoms with van der Waals surface area (Å²) in [7, 11) is 0. The summed E-state index contributed by atoms with van der Waals surface area (Å²) in [6.07, 6.45) is 1.48. The Kier molecular flexibility index (Phi) is 5.92. The van der Waals surface area contributed by atoms with E-state index in [2.05, 4.69) is 5.32 Å². The van der Waals surface area contributed by atoms with Gasteiger partial charge < -0.3 is 5.32 Å². The van der Waals surface area contributed by atoms with Gasteiger partial charge in [-0.15, -0.1) is 11.3 Å². The van der Waals surface area contributed by atoms with Crippen LogP contribution in [0, 0.1) is 17.1 Å². The van der Waals surface area contributed by atoms with Crippen LogP contribution < -0.4 is 5.32 Å². The second-order valence-electron chi connectivity index (χ2n) is 5.43. The summed E-state index contributed by atoms with van der Waals surface area (Å²) in [6, 6.07) is 16.5. The summed E-state index contributed by atoms with van der Waals surface area (Å²) in [5.74, 6) is -0.915. The topological polar surface area (TPSA) is 52.9 Å². The molecule has 0 aliphatic carbocycles. The maximum absolute atomic E-state index is 13.0. The van der Waals surface area contributed by atoms with Gasteiger partial charge in [0.05, 0.1) is 15.7 Å². The number of halogens is 3. The van der Waals surface area contributed by atoms with Gasteiger partial charge in [0, 0.05) is 9.75 Å². The molecule has 0 bridgehead atoms. The number of amides is 1. The van der Waals surface area contributed by atoms with Gasteiger partial charge in [-0.3, -0.25) is 4.79 Å². The summed E-state index contributed by atoms with van der Waals surface area (Å²) >= 11 is 13.5. The molecule has 3 nitrogen and oxygen atoms in total. The highest BCUT2D eigenvalue weighted by Gasteiger charge is 2.14. The Bertz CT molecular complexity index is 1050. The average Bonchev–Trinajstić information content (AvgIpc) is 3.12. The van der Waals surface area contributed by atoms with Gasteiger partial charge in [0.15, 0.2) is 0 Å². The van der Waals surface area contributed by atoms with Crippen molar-refractivity contribution < 1.29 is 9.18 Å². The quantitative estimate of drug-likeness (QED) is 0.394. The van der Waals surface area contributed by atoms with Crippen LogP contribution in [0.3, 0.4) is 0 Å². The number of hydrogen-bond donors (Lipinski definition) is 1. The lowest BCUT2D eigenvalue weighted by atomic mass is 10.2. The average molecular weight is 417 g/mol. The largest absolute Gasteiger partial charge is 0.319 e. The number of rotatable bonds is 4. The molecule has 2 aromatic carbocycles. The lowest BCUT2D eigenvalue weighted by Gasteiger charge is -2.08. The summed E-state index contributed by atoms with van der Waals surface area (Å²) in [5, 5.41) is 12.5. The first kappa shape index (κ1) is 19.1. The van der Waals surface area contributed by atoms with Crippen molar-refractivity contribution in [1.29, 1.82) is 5.26 Å². The first-order valence-corrected chi connectivity index (χ1v) is 9.28. The molecule has 134 valence electrons. The molecule has 27 heavy (non-hydrogen) atoms. The Morgan fingerprint density at radius 2 is 1.74 bits per heavy atom. The van der Waals surface area contributed by atoms with E-state index in [9.17, 15) is 14.4 Å². The molecule has 0 radical (unpaired) electrons. The van der Waals surface area contributed by atoms with Crippen molar-refractivity contribution in [2.24, 2.45) is 0 Å². The second kappa shape index (κ2) is 8.36. The summed E-state index contributed by atoms with van der Waals surface area (Å²) in [4.78, 5) is 14.0. The van der Waals surface area contributed by atoms with Crippen LogP contribution in [0.4, 0.5) is 10.1 Å². The van der Waals surface area contributed by atoms with Gasteiger partial charge in [-0.05, 0) is 48.0 Å². The molecule has 0 atom stereocenters. The van der Waals surface area contributed by atoms with E-state index in [-0.39, 0.29) is 27.1 Å². The monoisotopic (exact) mass is 416 g/mol. The third-order valence-corrected chi connectivity index (χ3v) is 5.32. The normalized spacial score (nSPS) is 11.1. The van der Waals surface area contributed by atoms with Crippen molar-refractivity contribution in [3.8, 4) is 16.5 Å². The fourth-order valence-corrected chi connectivity index (χ4v) is 3.74. The molecule has 7 heteroatoms. The molecule has 1 heterocycles. The molecule has 0 aliphatic heterocycles.